The van der Waals surface area contributed by atoms with Gasteiger partial charge < -0.3 is 4.74 Å². The van der Waals surface area contributed by atoms with Gasteiger partial charge in [-0.25, -0.2) is 0 Å². The lowest BCUT2D eigenvalue weighted by Crippen LogP contribution is -2.28. The Morgan fingerprint density at radius 1 is 1.44 bits per heavy atom. The highest BCUT2D eigenvalue weighted by Crippen LogP contribution is 2.39. The quantitative estimate of drug-likeness (QED) is 0.718. The third-order valence-electron chi connectivity index (χ3n) is 4.12. The Hall–Kier alpha value is -0.210. The van der Waals surface area contributed by atoms with Crippen LogP contribution in [0.5, 0.6) is 5.75 Å². The minimum Gasteiger partial charge on any atom is -0.493 e. The molecule has 0 spiro atoms. The minimum absolute atomic E-state index is 0.113. The second-order valence-corrected chi connectivity index (χ2v) is 6.95. The molecule has 0 aromatic heterocycles. The van der Waals surface area contributed by atoms with Gasteiger partial charge >= 0.3 is 0 Å². The number of benzene rings is 1. The molecule has 0 bridgehead atoms. The van der Waals surface area contributed by atoms with Gasteiger partial charge in [0.15, 0.2) is 0 Å². The van der Waals surface area contributed by atoms with Crippen LogP contribution < -0.4 is 4.74 Å². The second-order valence-electron chi connectivity index (χ2n) is 5.77. The van der Waals surface area contributed by atoms with Gasteiger partial charge in [0.2, 0.25) is 0 Å². The van der Waals surface area contributed by atoms with E-state index in [1.54, 1.807) is 0 Å². The number of ether oxygens (including phenoxy) is 1. The molecule has 18 heavy (non-hydrogen) atoms. The van der Waals surface area contributed by atoms with Crippen molar-refractivity contribution >= 4 is 27.5 Å². The van der Waals surface area contributed by atoms with Crippen molar-refractivity contribution in [3.8, 4) is 5.75 Å². The van der Waals surface area contributed by atoms with Crippen LogP contribution >= 0.6 is 27.5 Å². The summed E-state index contributed by atoms with van der Waals surface area (Å²) < 4.78 is 6.93. The largest absolute Gasteiger partial charge is 0.493 e. The SMILES string of the molecule is CC(C)C(C)(CCl)Cc1cc(Br)cc2c1OCC2. The van der Waals surface area contributed by atoms with E-state index < -0.39 is 0 Å². The Kier molecular flexibility index (Phi) is 4.28. The first kappa shape index (κ1) is 14.2. The van der Waals surface area contributed by atoms with Crippen molar-refractivity contribution < 1.29 is 4.74 Å². The summed E-state index contributed by atoms with van der Waals surface area (Å²) in [7, 11) is 0. The smallest absolute Gasteiger partial charge is 0.125 e. The molecule has 0 fully saturated rings. The Bertz CT molecular complexity index is 444. The number of hydrogen-bond donors (Lipinski definition) is 0. The fourth-order valence-corrected chi connectivity index (χ4v) is 3.27. The number of halogens is 2. The summed E-state index contributed by atoms with van der Waals surface area (Å²) in [6.07, 6.45) is 1.98. The monoisotopic (exact) mass is 330 g/mol. The van der Waals surface area contributed by atoms with Gasteiger partial charge in [0.05, 0.1) is 6.61 Å². The molecule has 1 aliphatic rings. The molecule has 2 rings (SSSR count). The van der Waals surface area contributed by atoms with Gasteiger partial charge in [0.25, 0.3) is 0 Å². The van der Waals surface area contributed by atoms with E-state index in [1.807, 2.05) is 0 Å². The lowest BCUT2D eigenvalue weighted by Gasteiger charge is -2.32. The number of fused-ring (bicyclic) bond motifs is 1. The molecule has 1 atom stereocenters. The first-order valence-corrected chi connectivity index (χ1v) is 7.79. The third kappa shape index (κ3) is 2.70. The average molecular weight is 332 g/mol. The maximum Gasteiger partial charge on any atom is 0.125 e. The zero-order chi connectivity index (χ0) is 13.3. The van der Waals surface area contributed by atoms with E-state index in [4.69, 9.17) is 16.3 Å². The van der Waals surface area contributed by atoms with Crippen molar-refractivity contribution in [2.45, 2.75) is 33.6 Å². The van der Waals surface area contributed by atoms with Crippen molar-refractivity contribution in [3.05, 3.63) is 27.7 Å². The molecule has 100 valence electrons. The maximum atomic E-state index is 6.19. The van der Waals surface area contributed by atoms with Crippen molar-refractivity contribution in [1.82, 2.24) is 0 Å². The van der Waals surface area contributed by atoms with E-state index in [0.29, 0.717) is 11.8 Å². The lowest BCUT2D eigenvalue weighted by atomic mass is 9.76. The van der Waals surface area contributed by atoms with Crippen LogP contribution in [-0.4, -0.2) is 12.5 Å². The number of rotatable bonds is 4. The molecule has 1 aliphatic heterocycles. The van der Waals surface area contributed by atoms with Gasteiger partial charge in [0.1, 0.15) is 5.75 Å². The second kappa shape index (κ2) is 5.42. The van der Waals surface area contributed by atoms with E-state index in [-0.39, 0.29) is 5.41 Å². The van der Waals surface area contributed by atoms with Crippen molar-refractivity contribution in [3.63, 3.8) is 0 Å². The normalized spacial score (nSPS) is 17.4. The van der Waals surface area contributed by atoms with Crippen LogP contribution in [0.3, 0.4) is 0 Å². The summed E-state index contributed by atoms with van der Waals surface area (Å²) >= 11 is 9.79. The van der Waals surface area contributed by atoms with Crippen molar-refractivity contribution in [2.24, 2.45) is 11.3 Å². The Morgan fingerprint density at radius 3 is 2.78 bits per heavy atom. The molecule has 3 heteroatoms. The van der Waals surface area contributed by atoms with Crippen LogP contribution in [0.25, 0.3) is 0 Å². The third-order valence-corrected chi connectivity index (χ3v) is 5.19. The summed E-state index contributed by atoms with van der Waals surface area (Å²) in [5.41, 5.74) is 2.72. The minimum atomic E-state index is 0.113. The van der Waals surface area contributed by atoms with Crippen LogP contribution in [-0.2, 0) is 12.8 Å². The molecular formula is C15H20BrClO. The average Bonchev–Trinajstić information content (AvgIpc) is 2.76. The molecule has 0 saturated heterocycles. The Morgan fingerprint density at radius 2 is 2.17 bits per heavy atom. The van der Waals surface area contributed by atoms with E-state index in [1.165, 1.54) is 11.1 Å². The molecule has 0 aliphatic carbocycles. The Labute approximate surface area is 123 Å². The lowest BCUT2D eigenvalue weighted by molar-refractivity contribution is 0.249. The highest BCUT2D eigenvalue weighted by molar-refractivity contribution is 9.10. The highest BCUT2D eigenvalue weighted by atomic mass is 79.9. The van der Waals surface area contributed by atoms with E-state index >= 15 is 0 Å². The first-order chi connectivity index (χ1) is 8.46. The molecular weight excluding hydrogens is 312 g/mol. The van der Waals surface area contributed by atoms with Crippen LogP contribution in [0.4, 0.5) is 0 Å². The summed E-state index contributed by atoms with van der Waals surface area (Å²) in [4.78, 5) is 0. The van der Waals surface area contributed by atoms with Gasteiger partial charge in [-0.3, -0.25) is 0 Å². The van der Waals surface area contributed by atoms with Gasteiger partial charge in [-0.05, 0) is 41.0 Å². The van der Waals surface area contributed by atoms with Gasteiger partial charge in [-0.2, -0.15) is 0 Å². The highest BCUT2D eigenvalue weighted by Gasteiger charge is 2.30. The standard InChI is InChI=1S/C15H20BrClO/c1-10(2)15(3,9-17)8-12-7-13(16)6-11-4-5-18-14(11)12/h6-7,10H,4-5,8-9H2,1-3H3. The van der Waals surface area contributed by atoms with Crippen LogP contribution in [0.2, 0.25) is 0 Å². The van der Waals surface area contributed by atoms with Gasteiger partial charge in [-0.1, -0.05) is 36.7 Å². The van der Waals surface area contributed by atoms with Gasteiger partial charge in [-0.15, -0.1) is 11.6 Å². The van der Waals surface area contributed by atoms with Crippen molar-refractivity contribution in [1.29, 1.82) is 0 Å². The molecule has 1 unspecified atom stereocenters. The fourth-order valence-electron chi connectivity index (χ4n) is 2.32. The van der Waals surface area contributed by atoms with Crippen molar-refractivity contribution in [2.75, 3.05) is 12.5 Å². The Balaban J connectivity index is 2.35. The van der Waals surface area contributed by atoms with Crippen LogP contribution in [0.1, 0.15) is 31.9 Å². The zero-order valence-corrected chi connectivity index (χ0v) is 13.6. The number of hydrogen-bond acceptors (Lipinski definition) is 1. The fraction of sp³-hybridized carbons (Fsp3) is 0.600. The molecule has 1 aromatic rings. The van der Waals surface area contributed by atoms with E-state index in [2.05, 4.69) is 48.8 Å². The summed E-state index contributed by atoms with van der Waals surface area (Å²) in [6, 6.07) is 4.34. The molecule has 0 amide bonds. The molecule has 1 nitrogen and oxygen atoms in total. The maximum absolute atomic E-state index is 6.19. The topological polar surface area (TPSA) is 9.23 Å². The predicted molar refractivity (Wildman–Crippen MR) is 80.7 cm³/mol. The van der Waals surface area contributed by atoms with Crippen LogP contribution in [0, 0.1) is 11.3 Å². The molecule has 1 aromatic carbocycles. The molecule has 0 N–H and O–H groups in total. The number of alkyl halides is 1. The van der Waals surface area contributed by atoms with Crippen LogP contribution in [0.15, 0.2) is 16.6 Å². The summed E-state index contributed by atoms with van der Waals surface area (Å²) in [6.45, 7) is 7.54. The van der Waals surface area contributed by atoms with E-state index in [0.717, 1.165) is 29.7 Å². The molecule has 0 radical (unpaired) electrons. The van der Waals surface area contributed by atoms with Gasteiger partial charge in [0, 0.05) is 16.8 Å². The first-order valence-electron chi connectivity index (χ1n) is 6.46. The summed E-state index contributed by atoms with van der Waals surface area (Å²) in [5, 5.41) is 0. The summed E-state index contributed by atoms with van der Waals surface area (Å²) in [5.74, 6) is 2.31. The zero-order valence-electron chi connectivity index (χ0n) is 11.2. The molecule has 0 saturated carbocycles. The van der Waals surface area contributed by atoms with E-state index in [9.17, 15) is 0 Å². The molecule has 1 heterocycles. The predicted octanol–water partition coefficient (Wildman–Crippen LogP) is 4.83.